The summed E-state index contributed by atoms with van der Waals surface area (Å²) in [6.45, 7) is 2.25. The molecule has 1 N–H and O–H groups in total. The quantitative estimate of drug-likeness (QED) is 0.929. The fourth-order valence-electron chi connectivity index (χ4n) is 3.45. The molecule has 108 valence electrons. The van der Waals surface area contributed by atoms with Crippen LogP contribution in [0.15, 0.2) is 24.3 Å². The Morgan fingerprint density at radius 1 is 1.30 bits per heavy atom. The lowest BCUT2D eigenvalue weighted by Gasteiger charge is -2.35. The highest BCUT2D eigenvalue weighted by Gasteiger charge is 2.34. The molecule has 2 aromatic rings. The summed E-state index contributed by atoms with van der Waals surface area (Å²) in [5.41, 5.74) is 1.62. The van der Waals surface area contributed by atoms with Crippen molar-refractivity contribution >= 4 is 11.0 Å². The van der Waals surface area contributed by atoms with Crippen molar-refractivity contribution in [3.63, 3.8) is 0 Å². The van der Waals surface area contributed by atoms with Crippen LogP contribution in [-0.2, 0) is 13.5 Å². The van der Waals surface area contributed by atoms with E-state index in [0.717, 1.165) is 48.5 Å². The molecule has 1 aliphatic rings. The van der Waals surface area contributed by atoms with E-state index in [-0.39, 0.29) is 0 Å². The van der Waals surface area contributed by atoms with Crippen molar-refractivity contribution in [3.8, 4) is 0 Å². The average molecular weight is 272 g/mol. The molecule has 0 atom stereocenters. The van der Waals surface area contributed by atoms with Crippen LogP contribution in [0.4, 0.5) is 0 Å². The van der Waals surface area contributed by atoms with Gasteiger partial charge in [0.15, 0.2) is 0 Å². The summed E-state index contributed by atoms with van der Waals surface area (Å²) in [4.78, 5) is 4.69. The number of benzene rings is 1. The first-order valence-electron chi connectivity index (χ1n) is 7.74. The molecule has 3 rings (SSSR count). The fourth-order valence-corrected chi connectivity index (χ4v) is 3.45. The van der Waals surface area contributed by atoms with Gasteiger partial charge in [0, 0.05) is 13.5 Å². The second-order valence-corrected chi connectivity index (χ2v) is 6.33. The van der Waals surface area contributed by atoms with Crippen LogP contribution in [0.5, 0.6) is 0 Å². The molecule has 0 amide bonds. The molecule has 0 bridgehead atoms. The van der Waals surface area contributed by atoms with Crippen LogP contribution in [0.1, 0.15) is 44.9 Å². The van der Waals surface area contributed by atoms with E-state index in [1.807, 2.05) is 25.2 Å². The maximum absolute atomic E-state index is 10.8. The van der Waals surface area contributed by atoms with Crippen LogP contribution in [-0.4, -0.2) is 20.3 Å². The number of para-hydroxylation sites is 2. The van der Waals surface area contributed by atoms with E-state index in [9.17, 15) is 5.11 Å². The lowest BCUT2D eigenvalue weighted by molar-refractivity contribution is -0.0112. The monoisotopic (exact) mass is 272 g/mol. The Morgan fingerprint density at radius 3 is 2.65 bits per heavy atom. The Balaban J connectivity index is 1.81. The highest BCUT2D eigenvalue weighted by atomic mass is 16.3. The molecule has 20 heavy (non-hydrogen) atoms. The molecule has 0 radical (unpaired) electrons. The summed E-state index contributed by atoms with van der Waals surface area (Å²) in [5.74, 6) is 1.80. The van der Waals surface area contributed by atoms with E-state index in [0.29, 0.717) is 6.42 Å². The van der Waals surface area contributed by atoms with E-state index in [2.05, 4.69) is 17.6 Å². The van der Waals surface area contributed by atoms with Gasteiger partial charge in [-0.05, 0) is 43.7 Å². The smallest absolute Gasteiger partial charge is 0.112 e. The van der Waals surface area contributed by atoms with Crippen LogP contribution in [0.3, 0.4) is 0 Å². The molecule has 0 spiro atoms. The molecule has 1 saturated carbocycles. The van der Waals surface area contributed by atoms with Gasteiger partial charge >= 0.3 is 0 Å². The minimum Gasteiger partial charge on any atom is -0.389 e. The van der Waals surface area contributed by atoms with Crippen molar-refractivity contribution < 1.29 is 5.11 Å². The fraction of sp³-hybridized carbons (Fsp3) is 0.588. The van der Waals surface area contributed by atoms with Crippen molar-refractivity contribution in [2.24, 2.45) is 13.0 Å². The molecule has 3 heteroatoms. The van der Waals surface area contributed by atoms with Gasteiger partial charge in [0.2, 0.25) is 0 Å². The number of aryl methyl sites for hydroxylation is 1. The Labute approximate surface area is 120 Å². The van der Waals surface area contributed by atoms with Gasteiger partial charge in [0.1, 0.15) is 5.82 Å². The van der Waals surface area contributed by atoms with Crippen LogP contribution in [0.25, 0.3) is 11.0 Å². The zero-order valence-corrected chi connectivity index (χ0v) is 12.5. The summed E-state index contributed by atoms with van der Waals surface area (Å²) in [5, 5.41) is 10.8. The Bertz CT molecular complexity index is 594. The zero-order chi connectivity index (χ0) is 14.2. The van der Waals surface area contributed by atoms with E-state index in [1.165, 1.54) is 6.42 Å². The summed E-state index contributed by atoms with van der Waals surface area (Å²) >= 11 is 0. The van der Waals surface area contributed by atoms with Crippen LogP contribution in [0, 0.1) is 5.92 Å². The Morgan fingerprint density at radius 2 is 2.00 bits per heavy atom. The first kappa shape index (κ1) is 13.6. The molecular weight excluding hydrogens is 248 g/mol. The molecule has 1 aromatic heterocycles. The van der Waals surface area contributed by atoms with Gasteiger partial charge in [0.05, 0.1) is 16.6 Å². The lowest BCUT2D eigenvalue weighted by atomic mass is 9.76. The van der Waals surface area contributed by atoms with Crippen molar-refractivity contribution in [1.82, 2.24) is 9.55 Å². The summed E-state index contributed by atoms with van der Waals surface area (Å²) in [7, 11) is 2.05. The number of rotatable bonds is 3. The molecule has 0 unspecified atom stereocenters. The van der Waals surface area contributed by atoms with Gasteiger partial charge in [-0.3, -0.25) is 0 Å². The maximum Gasteiger partial charge on any atom is 0.112 e. The highest BCUT2D eigenvalue weighted by Crippen LogP contribution is 2.35. The third-order valence-corrected chi connectivity index (χ3v) is 4.98. The maximum atomic E-state index is 10.8. The van der Waals surface area contributed by atoms with Crippen LogP contribution >= 0.6 is 0 Å². The number of hydrogen-bond donors (Lipinski definition) is 1. The average Bonchev–Trinajstić information content (AvgIpc) is 2.76. The largest absolute Gasteiger partial charge is 0.389 e. The van der Waals surface area contributed by atoms with E-state index in [1.54, 1.807) is 0 Å². The topological polar surface area (TPSA) is 38.1 Å². The molecule has 1 aromatic carbocycles. The zero-order valence-electron chi connectivity index (χ0n) is 12.5. The lowest BCUT2D eigenvalue weighted by Crippen LogP contribution is -2.37. The van der Waals surface area contributed by atoms with E-state index < -0.39 is 5.60 Å². The summed E-state index contributed by atoms with van der Waals surface area (Å²) in [6.07, 6.45) is 6.04. The number of fused-ring (bicyclic) bond motifs is 1. The SMILES string of the molecule is CCC1CCC(O)(Cc2nc3ccccc3n2C)CC1. The van der Waals surface area contributed by atoms with Crippen molar-refractivity contribution in [3.05, 3.63) is 30.1 Å². The Kier molecular flexibility index (Phi) is 3.55. The standard InChI is InChI=1S/C17H24N2O/c1-3-13-8-10-17(20,11-9-13)12-16-18-14-6-4-5-7-15(14)19(16)2/h4-7,13,20H,3,8-12H2,1-2H3. The molecule has 3 nitrogen and oxygen atoms in total. The van der Waals surface area contributed by atoms with E-state index in [4.69, 9.17) is 4.98 Å². The normalized spacial score (nSPS) is 27.1. The number of imidazole rings is 1. The first-order chi connectivity index (χ1) is 9.61. The molecular formula is C17H24N2O. The van der Waals surface area contributed by atoms with Gasteiger partial charge in [-0.25, -0.2) is 4.98 Å². The number of aliphatic hydroxyl groups is 1. The number of hydrogen-bond acceptors (Lipinski definition) is 2. The van der Waals surface area contributed by atoms with Gasteiger partial charge in [0.25, 0.3) is 0 Å². The highest BCUT2D eigenvalue weighted by molar-refractivity contribution is 5.75. The molecule has 0 saturated heterocycles. The predicted octanol–water partition coefficient (Wildman–Crippen LogP) is 3.45. The number of nitrogens with zero attached hydrogens (tertiary/aromatic N) is 2. The van der Waals surface area contributed by atoms with Crippen molar-refractivity contribution in [2.75, 3.05) is 0 Å². The first-order valence-corrected chi connectivity index (χ1v) is 7.74. The molecule has 1 heterocycles. The summed E-state index contributed by atoms with van der Waals surface area (Å²) < 4.78 is 2.12. The van der Waals surface area contributed by atoms with E-state index >= 15 is 0 Å². The van der Waals surface area contributed by atoms with Gasteiger partial charge in [-0.2, -0.15) is 0 Å². The second-order valence-electron chi connectivity index (χ2n) is 6.33. The van der Waals surface area contributed by atoms with Gasteiger partial charge in [-0.1, -0.05) is 25.5 Å². The van der Waals surface area contributed by atoms with Crippen molar-refractivity contribution in [2.45, 2.75) is 51.0 Å². The third-order valence-electron chi connectivity index (χ3n) is 4.98. The summed E-state index contributed by atoms with van der Waals surface area (Å²) in [6, 6.07) is 8.18. The third kappa shape index (κ3) is 2.47. The second kappa shape index (κ2) is 5.21. The number of aromatic nitrogens is 2. The van der Waals surface area contributed by atoms with Gasteiger partial charge < -0.3 is 9.67 Å². The van der Waals surface area contributed by atoms with Crippen LogP contribution in [0.2, 0.25) is 0 Å². The van der Waals surface area contributed by atoms with Gasteiger partial charge in [-0.15, -0.1) is 0 Å². The minimum absolute atomic E-state index is 0.555. The molecule has 0 aliphatic heterocycles. The Hall–Kier alpha value is -1.35. The van der Waals surface area contributed by atoms with Crippen LogP contribution < -0.4 is 0 Å². The minimum atomic E-state index is -0.555. The van der Waals surface area contributed by atoms with Crippen molar-refractivity contribution in [1.29, 1.82) is 0 Å². The molecule has 1 aliphatic carbocycles. The predicted molar refractivity (Wildman–Crippen MR) is 81.6 cm³/mol. The molecule has 1 fully saturated rings.